The molecule has 2 heterocycles. The zero-order valence-electron chi connectivity index (χ0n) is 6.20. The number of hydrogen-bond donors (Lipinski definition) is 2. The molecule has 2 N–H and O–H groups in total. The van der Waals surface area contributed by atoms with Gasteiger partial charge in [0.05, 0.1) is 11.9 Å². The lowest BCUT2D eigenvalue weighted by Gasteiger charge is -1.99. The van der Waals surface area contributed by atoms with Crippen LogP contribution in [0, 0.1) is 6.92 Å². The van der Waals surface area contributed by atoms with Crippen LogP contribution in [0.15, 0.2) is 23.6 Å². The number of quaternary nitrogens is 1. The van der Waals surface area contributed by atoms with E-state index in [0.717, 1.165) is 16.4 Å². The molecule has 0 aromatic carbocycles. The number of aryl methyl sites for hydroxylation is 1. The highest BCUT2D eigenvalue weighted by molar-refractivity contribution is 5.71. The van der Waals surface area contributed by atoms with Gasteiger partial charge in [0.1, 0.15) is 12.4 Å². The van der Waals surface area contributed by atoms with Gasteiger partial charge in [0.25, 0.3) is 0 Å². The molecular weight excluding hydrogens is 140 g/mol. The highest BCUT2D eigenvalue weighted by Crippen LogP contribution is 2.03. The van der Waals surface area contributed by atoms with Crippen LogP contribution in [0.2, 0.25) is 0 Å². The van der Waals surface area contributed by atoms with Crippen LogP contribution in [0.4, 0.5) is 5.69 Å². The highest BCUT2D eigenvalue weighted by atomic mass is 15.5. The number of H-pyrrole nitrogens is 1. The third-order valence-corrected chi connectivity index (χ3v) is 1.66. The molecule has 0 spiro atoms. The second kappa shape index (κ2) is 2.32. The van der Waals surface area contributed by atoms with Gasteiger partial charge in [-0.15, -0.1) is 5.01 Å². The molecule has 1 atom stereocenters. The fourth-order valence-corrected chi connectivity index (χ4v) is 1.07. The predicted molar refractivity (Wildman–Crippen MR) is 41.6 cm³/mol. The van der Waals surface area contributed by atoms with Crippen molar-refractivity contribution < 1.29 is 5.01 Å². The Kier molecular flexibility index (Phi) is 1.33. The van der Waals surface area contributed by atoms with E-state index in [1.807, 2.05) is 19.2 Å². The Balaban J connectivity index is 2.36. The molecule has 1 aromatic rings. The summed E-state index contributed by atoms with van der Waals surface area (Å²) < 4.78 is 0. The van der Waals surface area contributed by atoms with E-state index >= 15 is 0 Å². The lowest BCUT2D eigenvalue weighted by atomic mass is 10.4. The Bertz CT molecular complexity index is 298. The Labute approximate surface area is 64.2 Å². The first-order valence-electron chi connectivity index (χ1n) is 3.46. The number of rotatable bonds is 1. The van der Waals surface area contributed by atoms with Crippen molar-refractivity contribution in [2.75, 3.05) is 0 Å². The summed E-state index contributed by atoms with van der Waals surface area (Å²) in [6, 6.07) is 0. The van der Waals surface area contributed by atoms with Crippen LogP contribution in [0.25, 0.3) is 0 Å². The van der Waals surface area contributed by atoms with Gasteiger partial charge in [0.2, 0.25) is 5.69 Å². The van der Waals surface area contributed by atoms with E-state index in [4.69, 9.17) is 0 Å². The quantitative estimate of drug-likeness (QED) is 0.568. The largest absolute Gasteiger partial charge is 0.277 e. The van der Waals surface area contributed by atoms with Gasteiger partial charge in [-0.2, -0.15) is 5.10 Å². The van der Waals surface area contributed by atoms with Gasteiger partial charge in [-0.1, -0.05) is 5.10 Å². The molecule has 0 saturated carbocycles. The number of nitrogens with zero attached hydrogens (tertiary/aromatic N) is 2. The number of aromatic nitrogens is 2. The average molecular weight is 149 g/mol. The summed E-state index contributed by atoms with van der Waals surface area (Å²) in [5, 5.41) is 11.9. The summed E-state index contributed by atoms with van der Waals surface area (Å²) in [6.07, 6.45) is 7.46. The number of allylic oxidation sites excluding steroid dienone is 1. The number of aromatic amines is 1. The van der Waals surface area contributed by atoms with Crippen LogP contribution in [-0.4, -0.2) is 16.4 Å². The van der Waals surface area contributed by atoms with Gasteiger partial charge in [0.15, 0.2) is 0 Å². The van der Waals surface area contributed by atoms with Crippen LogP contribution in [0.1, 0.15) is 5.69 Å². The molecule has 11 heavy (non-hydrogen) atoms. The number of nitrogens with one attached hydrogen (secondary N) is 2. The molecule has 1 aliphatic heterocycles. The molecule has 4 nitrogen and oxygen atoms in total. The summed E-state index contributed by atoms with van der Waals surface area (Å²) in [5.74, 6) is 0. The maximum atomic E-state index is 4.16. The SMILES string of the molecule is Cc1[nH]ncc1[NH+]1C=CC=N1. The van der Waals surface area contributed by atoms with Crippen molar-refractivity contribution in [1.29, 1.82) is 0 Å². The smallest absolute Gasteiger partial charge is 0.203 e. The molecule has 1 aromatic heterocycles. The number of hydrogen-bond acceptors (Lipinski definition) is 2. The fraction of sp³-hybridized carbons (Fsp3) is 0.143. The van der Waals surface area contributed by atoms with E-state index < -0.39 is 0 Å². The van der Waals surface area contributed by atoms with Crippen molar-refractivity contribution in [2.45, 2.75) is 6.92 Å². The molecular formula is C7H9N4+. The first-order valence-corrected chi connectivity index (χ1v) is 3.46. The van der Waals surface area contributed by atoms with Crippen molar-refractivity contribution in [1.82, 2.24) is 10.2 Å². The maximum Gasteiger partial charge on any atom is 0.203 e. The molecule has 0 aliphatic carbocycles. The molecule has 56 valence electrons. The van der Waals surface area contributed by atoms with Gasteiger partial charge in [-0.3, -0.25) is 5.10 Å². The predicted octanol–water partition coefficient (Wildman–Crippen LogP) is -0.252. The third kappa shape index (κ3) is 0.969. The molecule has 0 saturated heterocycles. The van der Waals surface area contributed by atoms with Crippen molar-refractivity contribution >= 4 is 11.9 Å². The Morgan fingerprint density at radius 2 is 2.45 bits per heavy atom. The third-order valence-electron chi connectivity index (χ3n) is 1.66. The van der Waals surface area contributed by atoms with E-state index in [0.29, 0.717) is 0 Å². The monoisotopic (exact) mass is 149 g/mol. The molecule has 2 rings (SSSR count). The first kappa shape index (κ1) is 6.30. The molecule has 1 aliphatic rings. The molecule has 0 fully saturated rings. The lowest BCUT2D eigenvalue weighted by molar-refractivity contribution is -0.779. The highest BCUT2D eigenvalue weighted by Gasteiger charge is 2.14. The molecule has 1 unspecified atom stereocenters. The van der Waals surface area contributed by atoms with Crippen molar-refractivity contribution in [2.24, 2.45) is 5.10 Å². The minimum atomic E-state index is 0.983. The van der Waals surface area contributed by atoms with Crippen LogP contribution in [-0.2, 0) is 0 Å². The summed E-state index contributed by atoms with van der Waals surface area (Å²) >= 11 is 0. The topological polar surface area (TPSA) is 45.5 Å². The fourth-order valence-electron chi connectivity index (χ4n) is 1.07. The molecule has 0 radical (unpaired) electrons. The van der Waals surface area contributed by atoms with E-state index in [1.165, 1.54) is 0 Å². The van der Waals surface area contributed by atoms with E-state index in [1.54, 1.807) is 12.4 Å². The normalized spacial score (nSPS) is 21.4. The Morgan fingerprint density at radius 1 is 1.55 bits per heavy atom. The summed E-state index contributed by atoms with van der Waals surface area (Å²) in [4.78, 5) is 0. The van der Waals surface area contributed by atoms with Gasteiger partial charge in [0, 0.05) is 6.08 Å². The van der Waals surface area contributed by atoms with Crippen molar-refractivity contribution in [3.8, 4) is 0 Å². The van der Waals surface area contributed by atoms with E-state index in [9.17, 15) is 0 Å². The molecule has 4 heteroatoms. The maximum absolute atomic E-state index is 4.16. The van der Waals surface area contributed by atoms with Crippen LogP contribution in [0.3, 0.4) is 0 Å². The van der Waals surface area contributed by atoms with Crippen LogP contribution in [0.5, 0.6) is 0 Å². The summed E-state index contributed by atoms with van der Waals surface area (Å²) in [7, 11) is 0. The van der Waals surface area contributed by atoms with Gasteiger partial charge in [-0.25, -0.2) is 0 Å². The van der Waals surface area contributed by atoms with Gasteiger partial charge >= 0.3 is 0 Å². The zero-order chi connectivity index (χ0) is 7.68. The van der Waals surface area contributed by atoms with Crippen LogP contribution < -0.4 is 5.01 Å². The standard InChI is InChI=1S/C7H8N4/c1-6-7(5-8-10-6)11-4-2-3-9-11/h2-5H,1H3,(H,8,10)/p+1. The molecule has 0 bridgehead atoms. The van der Waals surface area contributed by atoms with Crippen LogP contribution >= 0.6 is 0 Å². The minimum absolute atomic E-state index is 0.983. The average Bonchev–Trinajstić information content (AvgIpc) is 2.55. The van der Waals surface area contributed by atoms with Gasteiger partial charge < -0.3 is 0 Å². The molecule has 0 amide bonds. The second-order valence-electron chi connectivity index (χ2n) is 2.43. The summed E-state index contributed by atoms with van der Waals surface area (Å²) in [5.41, 5.74) is 2.14. The summed E-state index contributed by atoms with van der Waals surface area (Å²) in [6.45, 7) is 1.98. The van der Waals surface area contributed by atoms with Crippen molar-refractivity contribution in [3.05, 3.63) is 24.2 Å². The first-order chi connectivity index (χ1) is 5.38. The Hall–Kier alpha value is -1.42. The Morgan fingerprint density at radius 3 is 3.00 bits per heavy atom. The van der Waals surface area contributed by atoms with Gasteiger partial charge in [-0.05, 0) is 6.92 Å². The van der Waals surface area contributed by atoms with Crippen molar-refractivity contribution in [3.63, 3.8) is 0 Å². The zero-order valence-corrected chi connectivity index (χ0v) is 6.20. The van der Waals surface area contributed by atoms with E-state index in [2.05, 4.69) is 15.3 Å². The minimum Gasteiger partial charge on any atom is -0.277 e. The lowest BCUT2D eigenvalue weighted by Crippen LogP contribution is -2.96. The van der Waals surface area contributed by atoms with E-state index in [-0.39, 0.29) is 0 Å². The second-order valence-corrected chi connectivity index (χ2v) is 2.43.